The molecule has 0 bridgehead atoms. The van der Waals surface area contributed by atoms with E-state index in [1.165, 1.54) is 25.8 Å². The van der Waals surface area contributed by atoms with E-state index in [9.17, 15) is 0 Å². The minimum Gasteiger partial charge on any atom is -0.379 e. The molecule has 1 aliphatic heterocycles. The summed E-state index contributed by atoms with van der Waals surface area (Å²) in [5, 5.41) is 0. The Hall–Kier alpha value is -0.0800. The highest BCUT2D eigenvalue weighted by Gasteiger charge is 2.09. The Morgan fingerprint density at radius 2 is 2.00 bits per heavy atom. The van der Waals surface area contributed by atoms with Crippen molar-refractivity contribution >= 4 is 0 Å². The molecule has 0 amide bonds. The highest BCUT2D eigenvalue weighted by molar-refractivity contribution is 4.62. The summed E-state index contributed by atoms with van der Waals surface area (Å²) in [7, 11) is 0. The smallest absolute Gasteiger partial charge is 0.0594 e. The zero-order valence-corrected chi connectivity index (χ0v) is 9.09. The van der Waals surface area contributed by atoms with Gasteiger partial charge in [-0.3, -0.25) is 4.90 Å². The van der Waals surface area contributed by atoms with Gasteiger partial charge in [-0.15, -0.1) is 0 Å². The molecule has 2 nitrogen and oxygen atoms in total. The number of hydrogen-bond donors (Lipinski definition) is 0. The van der Waals surface area contributed by atoms with Gasteiger partial charge in [-0.25, -0.2) is 0 Å². The Balaban J connectivity index is 1.98. The van der Waals surface area contributed by atoms with Crippen LogP contribution in [0.1, 0.15) is 33.1 Å². The van der Waals surface area contributed by atoms with Crippen LogP contribution in [0.5, 0.6) is 0 Å². The Bertz CT molecular complexity index is 121. The fraction of sp³-hybridized carbons (Fsp3) is 1.00. The van der Waals surface area contributed by atoms with E-state index in [1.807, 2.05) is 0 Å². The molecule has 78 valence electrons. The molecular weight excluding hydrogens is 162 g/mol. The van der Waals surface area contributed by atoms with Gasteiger partial charge in [0.05, 0.1) is 13.2 Å². The Labute approximate surface area is 82.3 Å². The molecule has 1 fully saturated rings. The highest BCUT2D eigenvalue weighted by Crippen LogP contribution is 2.10. The molecule has 0 aromatic heterocycles. The van der Waals surface area contributed by atoms with Gasteiger partial charge in [0.15, 0.2) is 0 Å². The molecule has 1 rings (SSSR count). The maximum atomic E-state index is 5.31. The fourth-order valence-corrected chi connectivity index (χ4v) is 1.69. The number of morpholine rings is 1. The lowest BCUT2D eigenvalue weighted by atomic mass is 10.0. The van der Waals surface area contributed by atoms with Gasteiger partial charge >= 0.3 is 0 Å². The maximum absolute atomic E-state index is 5.31. The fourth-order valence-electron chi connectivity index (χ4n) is 1.69. The molecule has 1 aliphatic rings. The van der Waals surface area contributed by atoms with Gasteiger partial charge in [0.25, 0.3) is 0 Å². The van der Waals surface area contributed by atoms with E-state index in [1.54, 1.807) is 0 Å². The number of nitrogens with zero attached hydrogens (tertiary/aromatic N) is 1. The SMILES string of the molecule is CCC(C)CCCN1CCOCC1. The largest absolute Gasteiger partial charge is 0.379 e. The molecule has 1 atom stereocenters. The second kappa shape index (κ2) is 6.39. The van der Waals surface area contributed by atoms with Gasteiger partial charge < -0.3 is 4.74 Å². The molecule has 1 saturated heterocycles. The third-order valence-electron chi connectivity index (χ3n) is 2.97. The topological polar surface area (TPSA) is 12.5 Å². The van der Waals surface area contributed by atoms with Crippen molar-refractivity contribution in [3.05, 3.63) is 0 Å². The van der Waals surface area contributed by atoms with Crippen molar-refractivity contribution in [3.8, 4) is 0 Å². The van der Waals surface area contributed by atoms with E-state index in [0.29, 0.717) is 0 Å². The molecule has 0 spiro atoms. The van der Waals surface area contributed by atoms with Gasteiger partial charge in [0.1, 0.15) is 0 Å². The molecule has 0 N–H and O–H groups in total. The first kappa shape index (κ1) is 11.0. The third-order valence-corrected chi connectivity index (χ3v) is 2.97. The first-order valence-corrected chi connectivity index (χ1v) is 5.63. The van der Waals surface area contributed by atoms with E-state index >= 15 is 0 Å². The molecular formula is C11H23NO. The van der Waals surface area contributed by atoms with Gasteiger partial charge in [0, 0.05) is 13.1 Å². The molecule has 0 saturated carbocycles. The van der Waals surface area contributed by atoms with Crippen LogP contribution in [0, 0.1) is 5.92 Å². The summed E-state index contributed by atoms with van der Waals surface area (Å²) < 4.78 is 5.31. The van der Waals surface area contributed by atoms with Crippen LogP contribution in [0.25, 0.3) is 0 Å². The van der Waals surface area contributed by atoms with Crippen LogP contribution in [0.4, 0.5) is 0 Å². The number of rotatable bonds is 5. The second-order valence-electron chi connectivity index (χ2n) is 4.11. The predicted molar refractivity (Wildman–Crippen MR) is 55.9 cm³/mol. The molecule has 2 heteroatoms. The zero-order valence-electron chi connectivity index (χ0n) is 9.09. The Kier molecular flexibility index (Phi) is 5.40. The highest BCUT2D eigenvalue weighted by atomic mass is 16.5. The van der Waals surface area contributed by atoms with Crippen LogP contribution in [-0.4, -0.2) is 37.7 Å². The molecule has 1 unspecified atom stereocenters. The monoisotopic (exact) mass is 185 g/mol. The summed E-state index contributed by atoms with van der Waals surface area (Å²) in [4.78, 5) is 2.52. The average molecular weight is 185 g/mol. The summed E-state index contributed by atoms with van der Waals surface area (Å²) in [6.45, 7) is 10.0. The summed E-state index contributed by atoms with van der Waals surface area (Å²) in [5.74, 6) is 0.904. The minimum absolute atomic E-state index is 0.904. The molecule has 1 heterocycles. The van der Waals surface area contributed by atoms with Gasteiger partial charge in [0.2, 0.25) is 0 Å². The zero-order chi connectivity index (χ0) is 9.52. The normalized spacial score (nSPS) is 21.7. The maximum Gasteiger partial charge on any atom is 0.0594 e. The minimum atomic E-state index is 0.904. The lowest BCUT2D eigenvalue weighted by Crippen LogP contribution is -2.36. The van der Waals surface area contributed by atoms with E-state index in [0.717, 1.165) is 32.2 Å². The number of ether oxygens (including phenoxy) is 1. The van der Waals surface area contributed by atoms with E-state index in [2.05, 4.69) is 18.7 Å². The molecule has 13 heavy (non-hydrogen) atoms. The first-order valence-electron chi connectivity index (χ1n) is 5.63. The van der Waals surface area contributed by atoms with Crippen LogP contribution >= 0.6 is 0 Å². The van der Waals surface area contributed by atoms with E-state index in [4.69, 9.17) is 4.74 Å². The van der Waals surface area contributed by atoms with Gasteiger partial charge in [-0.05, 0) is 25.3 Å². The summed E-state index contributed by atoms with van der Waals surface area (Å²) >= 11 is 0. The van der Waals surface area contributed by atoms with Crippen molar-refractivity contribution < 1.29 is 4.74 Å². The molecule has 0 aromatic rings. The van der Waals surface area contributed by atoms with Crippen molar-refractivity contribution in [2.24, 2.45) is 5.92 Å². The van der Waals surface area contributed by atoms with E-state index in [-0.39, 0.29) is 0 Å². The summed E-state index contributed by atoms with van der Waals surface area (Å²) in [6, 6.07) is 0. The van der Waals surface area contributed by atoms with Crippen molar-refractivity contribution in [2.75, 3.05) is 32.8 Å². The summed E-state index contributed by atoms with van der Waals surface area (Å²) in [5.41, 5.74) is 0. The molecule has 0 radical (unpaired) electrons. The quantitative estimate of drug-likeness (QED) is 0.650. The van der Waals surface area contributed by atoms with Crippen LogP contribution in [-0.2, 0) is 4.74 Å². The van der Waals surface area contributed by atoms with Crippen LogP contribution in [0.3, 0.4) is 0 Å². The van der Waals surface area contributed by atoms with Crippen LogP contribution < -0.4 is 0 Å². The predicted octanol–water partition coefficient (Wildman–Crippen LogP) is 2.14. The third kappa shape index (κ3) is 4.63. The Morgan fingerprint density at radius 1 is 1.31 bits per heavy atom. The van der Waals surface area contributed by atoms with E-state index < -0.39 is 0 Å². The lowest BCUT2D eigenvalue weighted by Gasteiger charge is -2.26. The van der Waals surface area contributed by atoms with Crippen LogP contribution in [0.2, 0.25) is 0 Å². The summed E-state index contributed by atoms with van der Waals surface area (Å²) in [6.07, 6.45) is 4.06. The van der Waals surface area contributed by atoms with Crippen molar-refractivity contribution in [1.82, 2.24) is 4.90 Å². The number of hydrogen-bond acceptors (Lipinski definition) is 2. The van der Waals surface area contributed by atoms with Gasteiger partial charge in [-0.2, -0.15) is 0 Å². The standard InChI is InChI=1S/C11H23NO/c1-3-11(2)5-4-6-12-7-9-13-10-8-12/h11H,3-10H2,1-2H3. The van der Waals surface area contributed by atoms with Crippen molar-refractivity contribution in [1.29, 1.82) is 0 Å². The van der Waals surface area contributed by atoms with Gasteiger partial charge in [-0.1, -0.05) is 20.3 Å². The Morgan fingerprint density at radius 3 is 2.62 bits per heavy atom. The average Bonchev–Trinajstić information content (AvgIpc) is 2.19. The van der Waals surface area contributed by atoms with Crippen molar-refractivity contribution in [2.45, 2.75) is 33.1 Å². The molecule has 0 aliphatic carbocycles. The lowest BCUT2D eigenvalue weighted by molar-refractivity contribution is 0.0367. The first-order chi connectivity index (χ1) is 6.33. The van der Waals surface area contributed by atoms with Crippen molar-refractivity contribution in [3.63, 3.8) is 0 Å². The second-order valence-corrected chi connectivity index (χ2v) is 4.11. The van der Waals surface area contributed by atoms with Crippen LogP contribution in [0.15, 0.2) is 0 Å². The molecule has 0 aromatic carbocycles.